The number of hydrogen-bond donors (Lipinski definition) is 2. The third-order valence-electron chi connectivity index (χ3n) is 3.56. The highest BCUT2D eigenvalue weighted by Gasteiger charge is 2.23. The summed E-state index contributed by atoms with van der Waals surface area (Å²) < 4.78 is 5.15. The van der Waals surface area contributed by atoms with Crippen LogP contribution in [0.3, 0.4) is 0 Å². The van der Waals surface area contributed by atoms with Gasteiger partial charge in [0.15, 0.2) is 11.5 Å². The van der Waals surface area contributed by atoms with Crippen LogP contribution in [-0.4, -0.2) is 23.3 Å². The fourth-order valence-corrected chi connectivity index (χ4v) is 2.60. The molecular formula is C15H18O4. The second-order valence-electron chi connectivity index (χ2n) is 4.88. The number of phenols is 1. The second-order valence-corrected chi connectivity index (χ2v) is 4.88. The van der Waals surface area contributed by atoms with E-state index in [0.29, 0.717) is 23.3 Å². The number of carboxylic acid groups (broad SMARTS) is 1. The molecule has 0 aliphatic heterocycles. The lowest BCUT2D eigenvalue weighted by atomic mass is 9.92. The summed E-state index contributed by atoms with van der Waals surface area (Å²) in [6, 6.07) is 1.56. The molecule has 1 unspecified atom stereocenters. The average Bonchev–Trinajstić information content (AvgIpc) is 2.85. The molecule has 0 heterocycles. The molecule has 2 rings (SSSR count). The first-order chi connectivity index (χ1) is 9.04. The van der Waals surface area contributed by atoms with Crippen LogP contribution in [0.15, 0.2) is 18.2 Å². The zero-order valence-electron chi connectivity index (χ0n) is 11.1. The smallest absolute Gasteiger partial charge is 0.336 e. The molecule has 0 bridgehead atoms. The van der Waals surface area contributed by atoms with Gasteiger partial charge >= 0.3 is 5.97 Å². The summed E-state index contributed by atoms with van der Waals surface area (Å²) in [7, 11) is 1.47. The number of aryl methyl sites for hydroxylation is 1. The van der Waals surface area contributed by atoms with Gasteiger partial charge in [0.1, 0.15) is 0 Å². The second kappa shape index (κ2) is 5.34. The van der Waals surface area contributed by atoms with Gasteiger partial charge in [0.25, 0.3) is 0 Å². The van der Waals surface area contributed by atoms with Crippen molar-refractivity contribution >= 4 is 5.97 Å². The van der Waals surface area contributed by atoms with Crippen molar-refractivity contribution in [2.75, 3.05) is 7.11 Å². The van der Waals surface area contributed by atoms with Gasteiger partial charge in [-0.1, -0.05) is 12.2 Å². The summed E-state index contributed by atoms with van der Waals surface area (Å²) in [4.78, 5) is 11.3. The Hall–Kier alpha value is -1.97. The molecular weight excluding hydrogens is 244 g/mol. The molecule has 0 amide bonds. The van der Waals surface area contributed by atoms with Gasteiger partial charge in [0, 0.05) is 5.56 Å². The summed E-state index contributed by atoms with van der Waals surface area (Å²) in [5, 5.41) is 19.5. The Labute approximate surface area is 112 Å². The summed E-state index contributed by atoms with van der Waals surface area (Å²) in [5.41, 5.74) is 1.26. The number of methoxy groups -OCH3 is 1. The number of phenolic OH excluding ortho intramolecular Hbond substituents is 1. The lowest BCUT2D eigenvalue weighted by Gasteiger charge is -2.16. The SMILES string of the molecule is COc1c(C)cc(C(=O)O)c(CC2C=CCC2)c1O. The van der Waals surface area contributed by atoms with Gasteiger partial charge in [-0.15, -0.1) is 0 Å². The quantitative estimate of drug-likeness (QED) is 0.819. The van der Waals surface area contributed by atoms with E-state index in [4.69, 9.17) is 4.74 Å². The van der Waals surface area contributed by atoms with E-state index in [2.05, 4.69) is 12.2 Å². The first kappa shape index (κ1) is 13.5. The number of carboxylic acids is 1. The van der Waals surface area contributed by atoms with Gasteiger partial charge in [-0.05, 0) is 43.7 Å². The highest BCUT2D eigenvalue weighted by atomic mass is 16.5. The number of aromatic carboxylic acids is 1. The minimum Gasteiger partial charge on any atom is -0.504 e. The van der Waals surface area contributed by atoms with Crippen molar-refractivity contribution in [2.45, 2.75) is 26.2 Å². The lowest BCUT2D eigenvalue weighted by molar-refractivity contribution is 0.0694. The van der Waals surface area contributed by atoms with E-state index < -0.39 is 5.97 Å². The molecule has 1 aromatic carbocycles. The van der Waals surface area contributed by atoms with Gasteiger partial charge in [-0.25, -0.2) is 4.79 Å². The summed E-state index contributed by atoms with van der Waals surface area (Å²) >= 11 is 0. The highest BCUT2D eigenvalue weighted by molar-refractivity contribution is 5.91. The molecule has 2 N–H and O–H groups in total. The minimum atomic E-state index is -1.02. The molecule has 19 heavy (non-hydrogen) atoms. The van der Waals surface area contributed by atoms with E-state index in [1.54, 1.807) is 13.0 Å². The number of hydrogen-bond acceptors (Lipinski definition) is 3. The Morgan fingerprint density at radius 1 is 1.53 bits per heavy atom. The maximum absolute atomic E-state index is 11.3. The summed E-state index contributed by atoms with van der Waals surface area (Å²) in [5.74, 6) is -0.406. The van der Waals surface area contributed by atoms with Crippen molar-refractivity contribution in [3.63, 3.8) is 0 Å². The fraction of sp³-hybridized carbons (Fsp3) is 0.400. The predicted molar refractivity (Wildman–Crippen MR) is 71.9 cm³/mol. The van der Waals surface area contributed by atoms with Crippen molar-refractivity contribution in [3.8, 4) is 11.5 Å². The minimum absolute atomic E-state index is 0.0415. The van der Waals surface area contributed by atoms with Crippen molar-refractivity contribution < 1.29 is 19.7 Å². The fourth-order valence-electron chi connectivity index (χ4n) is 2.60. The number of carbonyl (C=O) groups is 1. The number of rotatable bonds is 4. The summed E-state index contributed by atoms with van der Waals surface area (Å²) in [6.45, 7) is 1.73. The molecule has 0 radical (unpaired) electrons. The zero-order valence-corrected chi connectivity index (χ0v) is 11.1. The van der Waals surface area contributed by atoms with Crippen LogP contribution in [0.25, 0.3) is 0 Å². The molecule has 4 heteroatoms. The molecule has 0 saturated carbocycles. The maximum atomic E-state index is 11.3. The van der Waals surface area contributed by atoms with Crippen LogP contribution in [0.4, 0.5) is 0 Å². The van der Waals surface area contributed by atoms with Gasteiger partial charge in [0.2, 0.25) is 0 Å². The van der Waals surface area contributed by atoms with Crippen LogP contribution in [0, 0.1) is 12.8 Å². The van der Waals surface area contributed by atoms with Crippen LogP contribution < -0.4 is 4.74 Å². The van der Waals surface area contributed by atoms with Crippen LogP contribution in [0.5, 0.6) is 11.5 Å². The Kier molecular flexibility index (Phi) is 3.79. The third kappa shape index (κ3) is 2.57. The standard InChI is InChI=1S/C15H18O4/c1-9-7-12(15(17)18)11(13(16)14(9)19-2)8-10-5-3-4-6-10/h3,5,7,10,16H,4,6,8H2,1-2H3,(H,17,18). The van der Waals surface area contributed by atoms with E-state index in [1.807, 2.05) is 0 Å². The molecule has 1 aromatic rings. The van der Waals surface area contributed by atoms with Crippen molar-refractivity contribution in [3.05, 3.63) is 34.9 Å². The Balaban J connectivity index is 2.48. The van der Waals surface area contributed by atoms with E-state index in [1.165, 1.54) is 7.11 Å². The first-order valence-electron chi connectivity index (χ1n) is 6.34. The largest absolute Gasteiger partial charge is 0.504 e. The Bertz CT molecular complexity index is 531. The molecule has 1 aliphatic rings. The maximum Gasteiger partial charge on any atom is 0.336 e. The molecule has 0 fully saturated rings. The molecule has 0 aromatic heterocycles. The first-order valence-corrected chi connectivity index (χ1v) is 6.34. The zero-order chi connectivity index (χ0) is 14.0. The highest BCUT2D eigenvalue weighted by Crippen LogP contribution is 2.38. The van der Waals surface area contributed by atoms with Crippen LogP contribution in [0.2, 0.25) is 0 Å². The van der Waals surface area contributed by atoms with E-state index >= 15 is 0 Å². The predicted octanol–water partition coefficient (Wildman–Crippen LogP) is 2.92. The molecule has 1 aliphatic carbocycles. The van der Waals surface area contributed by atoms with E-state index in [9.17, 15) is 15.0 Å². The summed E-state index contributed by atoms with van der Waals surface area (Å²) in [6.07, 6.45) is 6.71. The van der Waals surface area contributed by atoms with Crippen LogP contribution in [-0.2, 0) is 6.42 Å². The number of benzene rings is 1. The Morgan fingerprint density at radius 2 is 2.26 bits per heavy atom. The van der Waals surface area contributed by atoms with Crippen molar-refractivity contribution in [2.24, 2.45) is 5.92 Å². The van der Waals surface area contributed by atoms with Crippen molar-refractivity contribution in [1.29, 1.82) is 0 Å². The van der Waals surface area contributed by atoms with Gasteiger partial charge < -0.3 is 14.9 Å². The number of allylic oxidation sites excluding steroid dienone is 2. The third-order valence-corrected chi connectivity index (χ3v) is 3.56. The number of ether oxygens (including phenoxy) is 1. The van der Waals surface area contributed by atoms with Crippen LogP contribution in [0.1, 0.15) is 34.3 Å². The molecule has 102 valence electrons. The average molecular weight is 262 g/mol. The normalized spacial score (nSPS) is 17.7. The molecule has 0 saturated heterocycles. The molecule has 1 atom stereocenters. The topological polar surface area (TPSA) is 66.8 Å². The molecule has 4 nitrogen and oxygen atoms in total. The van der Waals surface area contributed by atoms with E-state index in [-0.39, 0.29) is 17.2 Å². The van der Waals surface area contributed by atoms with Crippen molar-refractivity contribution in [1.82, 2.24) is 0 Å². The van der Waals surface area contributed by atoms with Gasteiger partial charge in [0.05, 0.1) is 12.7 Å². The van der Waals surface area contributed by atoms with Gasteiger partial charge in [-0.2, -0.15) is 0 Å². The van der Waals surface area contributed by atoms with Crippen LogP contribution >= 0.6 is 0 Å². The monoisotopic (exact) mass is 262 g/mol. The lowest BCUT2D eigenvalue weighted by Crippen LogP contribution is -2.08. The molecule has 0 spiro atoms. The van der Waals surface area contributed by atoms with Gasteiger partial charge in [-0.3, -0.25) is 0 Å². The number of aromatic hydroxyl groups is 1. The Morgan fingerprint density at radius 3 is 2.79 bits per heavy atom. The van der Waals surface area contributed by atoms with E-state index in [0.717, 1.165) is 12.8 Å².